The Hall–Kier alpha value is -3.34. The van der Waals surface area contributed by atoms with E-state index in [1.54, 1.807) is 6.21 Å². The molecule has 0 fully saturated rings. The first-order chi connectivity index (χ1) is 13.5. The highest BCUT2D eigenvalue weighted by molar-refractivity contribution is 6.02. The number of aryl methyl sites for hydroxylation is 1. The number of hydrazone groups is 1. The van der Waals surface area contributed by atoms with Gasteiger partial charge in [-0.15, -0.1) is 0 Å². The minimum Gasteiger partial charge on any atom is -0.490 e. The molecule has 0 unspecified atom stereocenters. The van der Waals surface area contributed by atoms with Gasteiger partial charge in [0, 0.05) is 11.3 Å². The van der Waals surface area contributed by atoms with Gasteiger partial charge in [0.1, 0.15) is 5.75 Å². The number of ether oxygens (including phenoxy) is 1. The smallest absolute Gasteiger partial charge is 0.259 e. The Morgan fingerprint density at radius 1 is 1.07 bits per heavy atom. The van der Waals surface area contributed by atoms with Crippen molar-refractivity contribution in [1.82, 2.24) is 5.43 Å². The summed E-state index contributed by atoms with van der Waals surface area (Å²) in [6.45, 7) is 6.13. The van der Waals surface area contributed by atoms with Gasteiger partial charge in [-0.2, -0.15) is 5.10 Å². The van der Waals surface area contributed by atoms with Gasteiger partial charge in [0.25, 0.3) is 5.91 Å². The highest BCUT2D eigenvalue weighted by Crippen LogP contribution is 2.27. The van der Waals surface area contributed by atoms with Crippen LogP contribution in [0.4, 0.5) is 5.69 Å². The molecule has 0 spiro atoms. The summed E-state index contributed by atoms with van der Waals surface area (Å²) in [5, 5.41) is 9.33. The monoisotopic (exact) mass is 375 g/mol. The number of nitrogens with one attached hydrogen (secondary N) is 2. The van der Waals surface area contributed by atoms with Gasteiger partial charge in [-0.3, -0.25) is 4.79 Å². The summed E-state index contributed by atoms with van der Waals surface area (Å²) >= 11 is 0. The van der Waals surface area contributed by atoms with Gasteiger partial charge >= 0.3 is 0 Å². The second-order valence-electron chi connectivity index (χ2n) is 6.88. The van der Waals surface area contributed by atoms with Crippen LogP contribution in [0.1, 0.15) is 25.0 Å². The van der Waals surface area contributed by atoms with Crippen LogP contribution < -0.4 is 15.5 Å². The molecule has 3 rings (SSSR count). The van der Waals surface area contributed by atoms with E-state index in [1.807, 2.05) is 81.4 Å². The van der Waals surface area contributed by atoms with Crippen LogP contribution in [0.15, 0.2) is 65.8 Å². The van der Waals surface area contributed by atoms with Crippen LogP contribution in [0.5, 0.6) is 5.75 Å². The van der Waals surface area contributed by atoms with Crippen LogP contribution in [0.25, 0.3) is 10.8 Å². The van der Waals surface area contributed by atoms with Crippen LogP contribution in [0.3, 0.4) is 0 Å². The lowest BCUT2D eigenvalue weighted by atomic mass is 10.0. The largest absolute Gasteiger partial charge is 0.490 e. The van der Waals surface area contributed by atoms with Crippen LogP contribution in [0.2, 0.25) is 0 Å². The minimum absolute atomic E-state index is 0.0432. The van der Waals surface area contributed by atoms with E-state index in [0.717, 1.165) is 27.8 Å². The lowest BCUT2D eigenvalue weighted by Gasteiger charge is -2.14. The molecule has 0 bridgehead atoms. The van der Waals surface area contributed by atoms with Crippen molar-refractivity contribution >= 4 is 28.6 Å². The highest BCUT2D eigenvalue weighted by Gasteiger charge is 2.09. The van der Waals surface area contributed by atoms with Gasteiger partial charge in [-0.25, -0.2) is 5.43 Å². The summed E-state index contributed by atoms with van der Waals surface area (Å²) in [6.07, 6.45) is 1.69. The predicted octanol–water partition coefficient (Wildman–Crippen LogP) is 4.50. The van der Waals surface area contributed by atoms with Crippen LogP contribution in [-0.2, 0) is 4.79 Å². The molecule has 0 atom stereocenters. The maximum absolute atomic E-state index is 12.1. The van der Waals surface area contributed by atoms with E-state index in [0.29, 0.717) is 0 Å². The number of amides is 1. The van der Waals surface area contributed by atoms with Crippen molar-refractivity contribution in [2.24, 2.45) is 5.10 Å². The van der Waals surface area contributed by atoms with Crippen molar-refractivity contribution < 1.29 is 9.53 Å². The van der Waals surface area contributed by atoms with Gasteiger partial charge in [-0.1, -0.05) is 48.0 Å². The summed E-state index contributed by atoms with van der Waals surface area (Å²) < 4.78 is 5.91. The van der Waals surface area contributed by atoms with Crippen LogP contribution >= 0.6 is 0 Å². The quantitative estimate of drug-likeness (QED) is 0.472. The number of anilines is 1. The van der Waals surface area contributed by atoms with Crippen molar-refractivity contribution in [2.75, 3.05) is 11.9 Å². The number of carbonyl (C=O) groups excluding carboxylic acids is 1. The van der Waals surface area contributed by atoms with Gasteiger partial charge in [0.2, 0.25) is 0 Å². The number of carbonyl (C=O) groups is 1. The third-order valence-corrected chi connectivity index (χ3v) is 4.18. The molecule has 0 saturated heterocycles. The average molecular weight is 375 g/mol. The number of hydrogen-bond acceptors (Lipinski definition) is 4. The second kappa shape index (κ2) is 9.04. The number of nitrogens with zero attached hydrogens (tertiary/aromatic N) is 1. The number of benzene rings is 3. The van der Waals surface area contributed by atoms with E-state index in [2.05, 4.69) is 15.8 Å². The van der Waals surface area contributed by atoms with E-state index in [9.17, 15) is 4.79 Å². The normalized spacial score (nSPS) is 11.1. The molecule has 0 saturated carbocycles. The molecule has 2 N–H and O–H groups in total. The number of hydrogen-bond donors (Lipinski definition) is 2. The fourth-order valence-electron chi connectivity index (χ4n) is 2.83. The van der Waals surface area contributed by atoms with Crippen molar-refractivity contribution in [3.63, 3.8) is 0 Å². The Balaban J connectivity index is 1.69. The lowest BCUT2D eigenvalue weighted by Crippen LogP contribution is -2.25. The third kappa shape index (κ3) is 5.10. The first kappa shape index (κ1) is 19.4. The zero-order valence-electron chi connectivity index (χ0n) is 16.4. The Bertz CT molecular complexity index is 979. The lowest BCUT2D eigenvalue weighted by molar-refractivity contribution is -0.119. The van der Waals surface area contributed by atoms with E-state index >= 15 is 0 Å². The summed E-state index contributed by atoms with van der Waals surface area (Å²) in [7, 11) is 0. The molecule has 0 aliphatic rings. The summed E-state index contributed by atoms with van der Waals surface area (Å²) in [4.78, 5) is 12.1. The minimum atomic E-state index is -0.219. The third-order valence-electron chi connectivity index (χ3n) is 4.18. The summed E-state index contributed by atoms with van der Waals surface area (Å²) in [6, 6.07) is 19.9. The second-order valence-corrected chi connectivity index (χ2v) is 6.88. The fourth-order valence-corrected chi connectivity index (χ4v) is 2.83. The topological polar surface area (TPSA) is 62.7 Å². The fraction of sp³-hybridized carbons (Fsp3) is 0.217. The molecule has 1 amide bonds. The Kier molecular flexibility index (Phi) is 6.27. The zero-order valence-corrected chi connectivity index (χ0v) is 16.4. The van der Waals surface area contributed by atoms with E-state index < -0.39 is 0 Å². The first-order valence-electron chi connectivity index (χ1n) is 9.34. The maximum Gasteiger partial charge on any atom is 0.259 e. The molecular formula is C23H25N3O2. The van der Waals surface area contributed by atoms with E-state index in [4.69, 9.17) is 4.74 Å². The molecule has 5 heteroatoms. The molecule has 0 aliphatic heterocycles. The zero-order chi connectivity index (χ0) is 19.9. The van der Waals surface area contributed by atoms with Gasteiger partial charge < -0.3 is 10.1 Å². The molecule has 144 valence electrons. The SMILES string of the molecule is Cc1ccc(NCC(=O)N/N=C\c2c(OC(C)C)ccc3ccccc23)cc1. The molecule has 3 aromatic carbocycles. The molecule has 0 aromatic heterocycles. The Morgan fingerprint density at radius 2 is 1.82 bits per heavy atom. The van der Waals surface area contributed by atoms with Gasteiger partial charge in [-0.05, 0) is 49.7 Å². The van der Waals surface area contributed by atoms with E-state index in [-0.39, 0.29) is 18.6 Å². The molecule has 28 heavy (non-hydrogen) atoms. The molecule has 5 nitrogen and oxygen atoms in total. The summed E-state index contributed by atoms with van der Waals surface area (Å²) in [5.41, 5.74) is 5.49. The van der Waals surface area contributed by atoms with E-state index in [1.165, 1.54) is 5.56 Å². The van der Waals surface area contributed by atoms with Crippen LogP contribution in [0, 0.1) is 6.92 Å². The molecular weight excluding hydrogens is 350 g/mol. The summed E-state index contributed by atoms with van der Waals surface area (Å²) in [5.74, 6) is 0.521. The highest BCUT2D eigenvalue weighted by atomic mass is 16.5. The Morgan fingerprint density at radius 3 is 2.57 bits per heavy atom. The Labute approximate surface area is 165 Å². The van der Waals surface area contributed by atoms with Crippen molar-refractivity contribution in [3.8, 4) is 5.75 Å². The molecule has 0 heterocycles. The van der Waals surface area contributed by atoms with Crippen molar-refractivity contribution in [3.05, 3.63) is 71.8 Å². The predicted molar refractivity (Wildman–Crippen MR) is 115 cm³/mol. The van der Waals surface area contributed by atoms with Crippen LogP contribution in [-0.4, -0.2) is 24.8 Å². The van der Waals surface area contributed by atoms with Crippen molar-refractivity contribution in [1.29, 1.82) is 0 Å². The molecule has 0 aliphatic carbocycles. The number of fused-ring (bicyclic) bond motifs is 1. The number of rotatable bonds is 7. The van der Waals surface area contributed by atoms with Crippen molar-refractivity contribution in [2.45, 2.75) is 26.9 Å². The molecule has 0 radical (unpaired) electrons. The average Bonchev–Trinajstić information content (AvgIpc) is 2.68. The standard InChI is InChI=1S/C23H25N3O2/c1-16(2)28-22-13-10-18-6-4-5-7-20(18)21(22)14-25-26-23(27)15-24-19-11-8-17(3)9-12-19/h4-14,16,24H,15H2,1-3H3,(H,26,27)/b25-14-. The molecule has 3 aromatic rings. The maximum atomic E-state index is 12.1. The van der Waals surface area contributed by atoms with Gasteiger partial charge in [0.15, 0.2) is 0 Å². The van der Waals surface area contributed by atoms with Gasteiger partial charge in [0.05, 0.1) is 18.9 Å². The first-order valence-corrected chi connectivity index (χ1v) is 9.34.